The summed E-state index contributed by atoms with van der Waals surface area (Å²) < 4.78 is 5.66. The molecule has 2 aromatic carbocycles. The van der Waals surface area contributed by atoms with Crippen LogP contribution in [0.4, 0.5) is 5.88 Å². The number of hydrogen-bond acceptors (Lipinski definition) is 4. The van der Waals surface area contributed by atoms with Crippen molar-refractivity contribution in [3.8, 4) is 17.5 Å². The molecule has 1 heterocycles. The lowest BCUT2D eigenvalue weighted by Crippen LogP contribution is -2.00. The first-order valence-corrected chi connectivity index (χ1v) is 7.57. The molecule has 1 N–H and O–H groups in total. The Labute approximate surface area is 143 Å². The first-order valence-electron chi connectivity index (χ1n) is 6.82. The molecule has 23 heavy (non-hydrogen) atoms. The monoisotopic (exact) mass is 343 g/mol. The molecule has 0 radical (unpaired) electrons. The van der Waals surface area contributed by atoms with Gasteiger partial charge in [0.2, 0.25) is 17.5 Å². The highest BCUT2D eigenvalue weighted by atomic mass is 35.5. The molecule has 0 saturated heterocycles. The molecule has 0 amide bonds. The van der Waals surface area contributed by atoms with Gasteiger partial charge in [0.25, 0.3) is 0 Å². The standard InChI is InChI=1S/C17H11Cl2N3O/c18-13-7-3-1-5-11(13)10-21-17-15(9-20)22-16(23-17)12-6-2-4-8-14(12)19/h1-8,21H,10H2. The summed E-state index contributed by atoms with van der Waals surface area (Å²) in [5.41, 5.74) is 1.71. The third-order valence-corrected chi connectivity index (χ3v) is 3.93. The van der Waals surface area contributed by atoms with Crippen molar-refractivity contribution in [1.82, 2.24) is 4.98 Å². The van der Waals surface area contributed by atoms with E-state index in [1.165, 1.54) is 0 Å². The van der Waals surface area contributed by atoms with Gasteiger partial charge >= 0.3 is 0 Å². The highest BCUT2D eigenvalue weighted by molar-refractivity contribution is 6.33. The smallest absolute Gasteiger partial charge is 0.232 e. The zero-order valence-corrected chi connectivity index (χ0v) is 13.4. The van der Waals surface area contributed by atoms with Gasteiger partial charge in [-0.05, 0) is 23.8 Å². The van der Waals surface area contributed by atoms with Crippen molar-refractivity contribution in [1.29, 1.82) is 5.26 Å². The van der Waals surface area contributed by atoms with E-state index in [0.717, 1.165) is 5.56 Å². The van der Waals surface area contributed by atoms with E-state index in [9.17, 15) is 5.26 Å². The third kappa shape index (κ3) is 3.31. The molecule has 0 saturated carbocycles. The normalized spacial score (nSPS) is 10.3. The van der Waals surface area contributed by atoms with Crippen LogP contribution in [0.15, 0.2) is 52.9 Å². The van der Waals surface area contributed by atoms with Crippen molar-refractivity contribution < 1.29 is 4.42 Å². The minimum atomic E-state index is 0.173. The number of rotatable bonds is 4. The van der Waals surface area contributed by atoms with Gasteiger partial charge in [0, 0.05) is 11.6 Å². The molecule has 3 aromatic rings. The van der Waals surface area contributed by atoms with Crippen LogP contribution in [-0.2, 0) is 6.54 Å². The van der Waals surface area contributed by atoms with Gasteiger partial charge in [-0.15, -0.1) is 0 Å². The van der Waals surface area contributed by atoms with E-state index in [-0.39, 0.29) is 5.69 Å². The van der Waals surface area contributed by atoms with Gasteiger partial charge < -0.3 is 9.73 Å². The molecule has 1 aromatic heterocycles. The molecule has 4 nitrogen and oxygen atoms in total. The van der Waals surface area contributed by atoms with E-state index in [0.29, 0.717) is 33.9 Å². The van der Waals surface area contributed by atoms with Crippen LogP contribution in [0, 0.1) is 11.3 Å². The lowest BCUT2D eigenvalue weighted by atomic mass is 10.2. The second kappa shape index (κ2) is 6.74. The van der Waals surface area contributed by atoms with Crippen LogP contribution in [0.3, 0.4) is 0 Å². The Morgan fingerprint density at radius 3 is 2.43 bits per heavy atom. The van der Waals surface area contributed by atoms with Crippen LogP contribution in [0.5, 0.6) is 0 Å². The average Bonchev–Trinajstić information content (AvgIpc) is 2.97. The van der Waals surface area contributed by atoms with Crippen molar-refractivity contribution >= 4 is 29.1 Å². The highest BCUT2D eigenvalue weighted by Crippen LogP contribution is 2.30. The van der Waals surface area contributed by atoms with Crippen LogP contribution in [-0.4, -0.2) is 4.98 Å². The molecule has 0 aliphatic heterocycles. The number of hydrogen-bond donors (Lipinski definition) is 1. The number of halogens is 2. The number of nitriles is 1. The van der Waals surface area contributed by atoms with Crippen molar-refractivity contribution in [3.05, 3.63) is 69.8 Å². The van der Waals surface area contributed by atoms with Crippen LogP contribution >= 0.6 is 23.2 Å². The average molecular weight is 344 g/mol. The van der Waals surface area contributed by atoms with Gasteiger partial charge in [0.15, 0.2) is 0 Å². The van der Waals surface area contributed by atoms with Gasteiger partial charge in [0.05, 0.1) is 10.6 Å². The lowest BCUT2D eigenvalue weighted by molar-refractivity contribution is 0.585. The SMILES string of the molecule is N#Cc1nc(-c2ccccc2Cl)oc1NCc1ccccc1Cl. The van der Waals surface area contributed by atoms with E-state index in [1.54, 1.807) is 18.2 Å². The summed E-state index contributed by atoms with van der Waals surface area (Å²) >= 11 is 12.3. The van der Waals surface area contributed by atoms with Gasteiger partial charge in [-0.2, -0.15) is 10.2 Å². The number of anilines is 1. The summed E-state index contributed by atoms with van der Waals surface area (Å²) in [6.45, 7) is 0.422. The van der Waals surface area contributed by atoms with Crippen LogP contribution in [0.25, 0.3) is 11.5 Å². The molecule has 114 valence electrons. The zero-order valence-electron chi connectivity index (χ0n) is 11.9. The fourth-order valence-corrected chi connectivity index (χ4v) is 2.50. The molecule has 0 unspecified atom stereocenters. The minimum absolute atomic E-state index is 0.173. The van der Waals surface area contributed by atoms with E-state index in [4.69, 9.17) is 27.6 Å². The minimum Gasteiger partial charge on any atom is -0.419 e. The second-order valence-electron chi connectivity index (χ2n) is 4.73. The molecule has 0 atom stereocenters. The molecule has 0 aliphatic carbocycles. The van der Waals surface area contributed by atoms with Crippen LogP contribution < -0.4 is 5.32 Å². The number of oxazole rings is 1. The van der Waals surface area contributed by atoms with E-state index in [2.05, 4.69) is 10.3 Å². The largest absolute Gasteiger partial charge is 0.419 e. The Kier molecular flexibility index (Phi) is 4.52. The third-order valence-electron chi connectivity index (χ3n) is 3.23. The molecule has 0 aliphatic rings. The lowest BCUT2D eigenvalue weighted by Gasteiger charge is -2.05. The predicted octanol–water partition coefficient (Wildman–Crippen LogP) is 5.13. The molecular formula is C17H11Cl2N3O. The Bertz CT molecular complexity index is 884. The summed E-state index contributed by atoms with van der Waals surface area (Å²) in [4.78, 5) is 4.19. The molecule has 3 rings (SSSR count). The number of nitrogens with zero attached hydrogens (tertiary/aromatic N) is 2. The maximum Gasteiger partial charge on any atom is 0.232 e. The number of nitrogens with one attached hydrogen (secondary N) is 1. The summed E-state index contributed by atoms with van der Waals surface area (Å²) in [7, 11) is 0. The molecular weight excluding hydrogens is 333 g/mol. The van der Waals surface area contributed by atoms with E-state index < -0.39 is 0 Å². The first kappa shape index (κ1) is 15.4. The summed E-state index contributed by atoms with van der Waals surface area (Å²) in [5, 5.41) is 13.4. The molecule has 0 fully saturated rings. The second-order valence-corrected chi connectivity index (χ2v) is 5.55. The summed E-state index contributed by atoms with van der Waals surface area (Å²) in [5.74, 6) is 0.594. The van der Waals surface area contributed by atoms with Gasteiger partial charge in [-0.3, -0.25) is 0 Å². The van der Waals surface area contributed by atoms with Crippen molar-refractivity contribution in [2.75, 3.05) is 5.32 Å². The Hall–Kier alpha value is -2.48. The first-order chi connectivity index (χ1) is 11.2. The Morgan fingerprint density at radius 1 is 1.04 bits per heavy atom. The summed E-state index contributed by atoms with van der Waals surface area (Å²) in [6.07, 6.45) is 0. The summed E-state index contributed by atoms with van der Waals surface area (Å²) in [6, 6.07) is 16.6. The van der Waals surface area contributed by atoms with Gasteiger partial charge in [0.1, 0.15) is 6.07 Å². The maximum atomic E-state index is 9.23. The quantitative estimate of drug-likeness (QED) is 0.712. The van der Waals surface area contributed by atoms with Gasteiger partial charge in [-0.1, -0.05) is 53.5 Å². The Balaban J connectivity index is 1.87. The molecule has 6 heteroatoms. The van der Waals surface area contributed by atoms with E-state index >= 15 is 0 Å². The topological polar surface area (TPSA) is 61.9 Å². The molecule has 0 bridgehead atoms. The van der Waals surface area contributed by atoms with Crippen molar-refractivity contribution in [2.45, 2.75) is 6.54 Å². The fraction of sp³-hybridized carbons (Fsp3) is 0.0588. The number of benzene rings is 2. The fourth-order valence-electron chi connectivity index (χ4n) is 2.08. The van der Waals surface area contributed by atoms with Gasteiger partial charge in [-0.25, -0.2) is 0 Å². The van der Waals surface area contributed by atoms with Crippen LogP contribution in [0.2, 0.25) is 10.0 Å². The van der Waals surface area contributed by atoms with Crippen molar-refractivity contribution in [3.63, 3.8) is 0 Å². The maximum absolute atomic E-state index is 9.23. The zero-order chi connectivity index (χ0) is 16.2. The van der Waals surface area contributed by atoms with Crippen LogP contribution in [0.1, 0.15) is 11.3 Å². The van der Waals surface area contributed by atoms with E-state index in [1.807, 2.05) is 36.4 Å². The molecule has 0 spiro atoms. The van der Waals surface area contributed by atoms with Crippen molar-refractivity contribution in [2.24, 2.45) is 0 Å². The highest BCUT2D eigenvalue weighted by Gasteiger charge is 2.16. The predicted molar refractivity (Wildman–Crippen MR) is 90.4 cm³/mol. The number of aromatic nitrogens is 1. The Morgan fingerprint density at radius 2 is 1.74 bits per heavy atom.